The van der Waals surface area contributed by atoms with Crippen LogP contribution in [0.15, 0.2) is 82.2 Å². The van der Waals surface area contributed by atoms with Crippen molar-refractivity contribution >= 4 is 28.3 Å². The molecule has 0 saturated carbocycles. The van der Waals surface area contributed by atoms with Crippen molar-refractivity contribution in [3.8, 4) is 17.1 Å². The van der Waals surface area contributed by atoms with Gasteiger partial charge in [0.05, 0.1) is 18.2 Å². The topological polar surface area (TPSA) is 34.7 Å². The van der Waals surface area contributed by atoms with Crippen LogP contribution in [0.25, 0.3) is 22.3 Å². The highest BCUT2D eigenvalue weighted by molar-refractivity contribution is 6.30. The Balaban J connectivity index is 1.97. The lowest BCUT2D eigenvalue weighted by Crippen LogP contribution is -2.03. The first-order valence-electron chi connectivity index (χ1n) is 8.30. The molecule has 3 aromatic carbocycles. The molecule has 4 aromatic rings. The van der Waals surface area contributed by atoms with Gasteiger partial charge >= 0.3 is 0 Å². The first-order chi connectivity index (χ1) is 13.1. The number of hydrogen-bond acceptors (Lipinski definition) is 3. The van der Waals surface area contributed by atoms with Gasteiger partial charge in [0.25, 0.3) is 0 Å². The van der Waals surface area contributed by atoms with Crippen molar-refractivity contribution in [2.75, 3.05) is 7.11 Å². The number of rotatable bonds is 3. The molecule has 0 saturated heterocycles. The minimum absolute atomic E-state index is 0.301. The Hall–Kier alpha value is -3.11. The number of hydrogen-bond donors (Lipinski definition) is 0. The molecule has 0 spiro atoms. The lowest BCUT2D eigenvalue weighted by molar-refractivity contribution is 0.415. The first kappa shape index (κ1) is 17.3. The molecule has 3 nitrogen and oxygen atoms in total. The largest absolute Gasteiger partial charge is 0.497 e. The molecule has 1 heterocycles. The zero-order valence-electron chi connectivity index (χ0n) is 14.4. The van der Waals surface area contributed by atoms with Crippen LogP contribution in [0.4, 0.5) is 10.1 Å². The van der Waals surface area contributed by atoms with E-state index in [1.165, 1.54) is 12.1 Å². The fourth-order valence-electron chi connectivity index (χ4n) is 2.78. The second-order valence-electron chi connectivity index (χ2n) is 5.95. The number of ether oxygens (including phenoxy) is 1. The second kappa shape index (κ2) is 7.25. The number of benzene rings is 3. The Morgan fingerprint density at radius 1 is 0.926 bits per heavy atom. The Morgan fingerprint density at radius 2 is 1.67 bits per heavy atom. The standard InChI is InChI=1S/C22H15ClFNO2/c1-26-18-10-11-21-19(12-18)20(25-17-8-6-16(24)7-9-17)13-22(27-21)14-2-4-15(23)5-3-14/h2-13H,1H3. The van der Waals surface area contributed by atoms with Crippen molar-refractivity contribution in [3.63, 3.8) is 0 Å². The highest BCUT2D eigenvalue weighted by Gasteiger charge is 2.08. The minimum atomic E-state index is -0.301. The summed E-state index contributed by atoms with van der Waals surface area (Å²) in [4.78, 5) is 4.68. The van der Waals surface area contributed by atoms with Crippen LogP contribution in [0.1, 0.15) is 0 Å². The van der Waals surface area contributed by atoms with E-state index in [1.807, 2.05) is 36.4 Å². The summed E-state index contributed by atoms with van der Waals surface area (Å²) < 4.78 is 24.6. The molecule has 0 bridgehead atoms. The van der Waals surface area contributed by atoms with E-state index in [-0.39, 0.29) is 5.82 Å². The summed E-state index contributed by atoms with van der Waals surface area (Å²) in [6.45, 7) is 0. The summed E-state index contributed by atoms with van der Waals surface area (Å²) in [5.74, 6) is 1.06. The second-order valence-corrected chi connectivity index (χ2v) is 6.39. The van der Waals surface area contributed by atoms with Crippen LogP contribution < -0.4 is 10.1 Å². The molecule has 0 N–H and O–H groups in total. The summed E-state index contributed by atoms with van der Waals surface area (Å²) >= 11 is 5.99. The van der Waals surface area contributed by atoms with Gasteiger partial charge in [0.2, 0.25) is 0 Å². The maximum absolute atomic E-state index is 13.2. The predicted molar refractivity (Wildman–Crippen MR) is 105 cm³/mol. The molecule has 0 fully saturated rings. The Kier molecular flexibility index (Phi) is 4.65. The molecule has 27 heavy (non-hydrogen) atoms. The van der Waals surface area contributed by atoms with Crippen molar-refractivity contribution < 1.29 is 13.5 Å². The van der Waals surface area contributed by atoms with Gasteiger partial charge in [-0.1, -0.05) is 11.6 Å². The summed E-state index contributed by atoms with van der Waals surface area (Å²) in [6, 6.07) is 20.8. The summed E-state index contributed by atoms with van der Waals surface area (Å²) in [6.07, 6.45) is 0. The van der Waals surface area contributed by atoms with Crippen molar-refractivity contribution in [1.29, 1.82) is 0 Å². The molecular weight excluding hydrogens is 365 g/mol. The van der Waals surface area contributed by atoms with Crippen LogP contribution >= 0.6 is 11.6 Å². The van der Waals surface area contributed by atoms with Gasteiger partial charge in [-0.25, -0.2) is 9.38 Å². The van der Waals surface area contributed by atoms with E-state index in [2.05, 4.69) is 4.99 Å². The zero-order valence-corrected chi connectivity index (χ0v) is 15.2. The number of nitrogens with zero attached hydrogens (tertiary/aromatic N) is 1. The van der Waals surface area contributed by atoms with E-state index < -0.39 is 0 Å². The molecule has 4 rings (SSSR count). The number of fused-ring (bicyclic) bond motifs is 1. The van der Waals surface area contributed by atoms with Crippen LogP contribution in [0.2, 0.25) is 5.02 Å². The molecule has 134 valence electrons. The lowest BCUT2D eigenvalue weighted by atomic mass is 10.1. The third-order valence-electron chi connectivity index (χ3n) is 4.16. The number of halogens is 2. The van der Waals surface area contributed by atoms with Crippen LogP contribution in [0, 0.1) is 5.82 Å². The van der Waals surface area contributed by atoms with Gasteiger partial charge in [0, 0.05) is 22.0 Å². The molecule has 0 radical (unpaired) electrons. The van der Waals surface area contributed by atoms with Gasteiger partial charge in [-0.05, 0) is 66.7 Å². The molecule has 0 aliphatic carbocycles. The molecule has 0 aliphatic heterocycles. The Morgan fingerprint density at radius 3 is 2.37 bits per heavy atom. The Bertz CT molecular complexity index is 1170. The van der Waals surface area contributed by atoms with Crippen LogP contribution in [0.5, 0.6) is 5.75 Å². The van der Waals surface area contributed by atoms with Gasteiger partial charge in [-0.3, -0.25) is 0 Å². The van der Waals surface area contributed by atoms with Crippen molar-refractivity contribution in [1.82, 2.24) is 0 Å². The molecule has 5 heteroatoms. The third kappa shape index (κ3) is 3.71. The lowest BCUT2D eigenvalue weighted by Gasteiger charge is -2.07. The molecular formula is C22H15ClFNO2. The van der Waals surface area contributed by atoms with E-state index in [0.717, 1.165) is 10.9 Å². The summed E-state index contributed by atoms with van der Waals surface area (Å²) in [5, 5.41) is 2.16. The normalized spacial score (nSPS) is 11.7. The van der Waals surface area contributed by atoms with Gasteiger partial charge in [0.1, 0.15) is 22.9 Å². The highest BCUT2D eigenvalue weighted by Crippen LogP contribution is 2.26. The average molecular weight is 380 g/mol. The third-order valence-corrected chi connectivity index (χ3v) is 4.41. The van der Waals surface area contributed by atoms with Crippen molar-refractivity contribution in [3.05, 3.63) is 89.0 Å². The minimum Gasteiger partial charge on any atom is -0.497 e. The fraction of sp³-hybridized carbons (Fsp3) is 0.0455. The van der Waals surface area contributed by atoms with E-state index in [1.54, 1.807) is 31.4 Å². The number of methoxy groups -OCH3 is 1. The molecule has 1 aromatic heterocycles. The Labute approximate surface area is 160 Å². The molecule has 0 aliphatic rings. The van der Waals surface area contributed by atoms with Gasteiger partial charge < -0.3 is 9.15 Å². The molecule has 0 atom stereocenters. The highest BCUT2D eigenvalue weighted by atomic mass is 35.5. The fourth-order valence-corrected chi connectivity index (χ4v) is 2.90. The predicted octanol–water partition coefficient (Wildman–Crippen LogP) is 6.13. The quantitative estimate of drug-likeness (QED) is 0.429. The van der Waals surface area contributed by atoms with Gasteiger partial charge in [0.15, 0.2) is 0 Å². The SMILES string of the molecule is COc1ccc2oc(-c3ccc(Cl)cc3)cc(=Nc3ccc(F)cc3)c2c1. The van der Waals surface area contributed by atoms with Crippen molar-refractivity contribution in [2.45, 2.75) is 0 Å². The average Bonchev–Trinajstić information content (AvgIpc) is 2.70. The monoisotopic (exact) mass is 379 g/mol. The molecule has 0 amide bonds. The van der Waals surface area contributed by atoms with E-state index in [4.69, 9.17) is 20.8 Å². The van der Waals surface area contributed by atoms with Crippen LogP contribution in [-0.4, -0.2) is 7.11 Å². The van der Waals surface area contributed by atoms with E-state index >= 15 is 0 Å². The zero-order chi connectivity index (χ0) is 18.8. The van der Waals surface area contributed by atoms with Crippen LogP contribution in [-0.2, 0) is 0 Å². The van der Waals surface area contributed by atoms with Crippen molar-refractivity contribution in [2.24, 2.45) is 4.99 Å². The smallest absolute Gasteiger partial charge is 0.137 e. The summed E-state index contributed by atoms with van der Waals surface area (Å²) in [5.41, 5.74) is 2.20. The maximum Gasteiger partial charge on any atom is 0.137 e. The first-order valence-corrected chi connectivity index (χ1v) is 8.68. The van der Waals surface area contributed by atoms with Gasteiger partial charge in [-0.2, -0.15) is 0 Å². The van der Waals surface area contributed by atoms with E-state index in [9.17, 15) is 4.39 Å². The van der Waals surface area contributed by atoms with Gasteiger partial charge in [-0.15, -0.1) is 0 Å². The van der Waals surface area contributed by atoms with Crippen LogP contribution in [0.3, 0.4) is 0 Å². The van der Waals surface area contributed by atoms with E-state index in [0.29, 0.717) is 33.2 Å². The summed E-state index contributed by atoms with van der Waals surface area (Å²) in [7, 11) is 1.61. The maximum atomic E-state index is 13.2. The molecule has 0 unspecified atom stereocenters.